The van der Waals surface area contributed by atoms with Gasteiger partial charge in [-0.05, 0) is 47.0 Å². The first-order valence-corrected chi connectivity index (χ1v) is 6.21. The van der Waals surface area contributed by atoms with Crippen LogP contribution in [0.15, 0.2) is 0 Å². The van der Waals surface area contributed by atoms with Crippen LogP contribution in [0.5, 0.6) is 0 Å². The first-order chi connectivity index (χ1) is 7.69. The predicted octanol–water partition coefficient (Wildman–Crippen LogP) is 0.720. The molecule has 1 aliphatic rings. The molecule has 3 unspecified atom stereocenters. The number of nitrogens with zero attached hydrogens (tertiary/aromatic N) is 1. The molecule has 0 aliphatic heterocycles. The summed E-state index contributed by atoms with van der Waals surface area (Å²) < 4.78 is 11.0. The molecular weight excluding hydrogens is 204 g/mol. The van der Waals surface area contributed by atoms with Crippen LogP contribution in [0, 0.1) is 0 Å². The SMILES string of the molecule is CCOC1CC(NCCCN(C)C)C1OC. The van der Waals surface area contributed by atoms with Crippen molar-refractivity contribution in [2.24, 2.45) is 0 Å². The van der Waals surface area contributed by atoms with E-state index < -0.39 is 0 Å². The lowest BCUT2D eigenvalue weighted by atomic mass is 9.85. The third kappa shape index (κ3) is 4.01. The summed E-state index contributed by atoms with van der Waals surface area (Å²) in [6.07, 6.45) is 2.79. The van der Waals surface area contributed by atoms with E-state index >= 15 is 0 Å². The molecule has 0 amide bonds. The number of nitrogens with one attached hydrogen (secondary N) is 1. The second kappa shape index (κ2) is 7.22. The molecule has 96 valence electrons. The van der Waals surface area contributed by atoms with Crippen molar-refractivity contribution in [2.75, 3.05) is 40.9 Å². The zero-order valence-corrected chi connectivity index (χ0v) is 11.0. The molecule has 0 aromatic rings. The van der Waals surface area contributed by atoms with Crippen LogP contribution in [-0.4, -0.2) is 64.1 Å². The number of hydrogen-bond acceptors (Lipinski definition) is 4. The summed E-state index contributed by atoms with van der Waals surface area (Å²) in [4.78, 5) is 2.21. The highest BCUT2D eigenvalue weighted by molar-refractivity contribution is 4.96. The average molecular weight is 230 g/mol. The van der Waals surface area contributed by atoms with E-state index in [1.165, 1.54) is 6.42 Å². The maximum Gasteiger partial charge on any atom is 0.0986 e. The number of methoxy groups -OCH3 is 1. The first-order valence-electron chi connectivity index (χ1n) is 6.21. The van der Waals surface area contributed by atoms with E-state index in [1.807, 2.05) is 6.92 Å². The Morgan fingerprint density at radius 2 is 2.12 bits per heavy atom. The Morgan fingerprint density at radius 3 is 2.69 bits per heavy atom. The molecule has 0 aromatic heterocycles. The highest BCUT2D eigenvalue weighted by Crippen LogP contribution is 2.26. The fourth-order valence-corrected chi connectivity index (χ4v) is 2.16. The van der Waals surface area contributed by atoms with Gasteiger partial charge < -0.3 is 19.7 Å². The monoisotopic (exact) mass is 230 g/mol. The normalized spacial score (nSPS) is 29.4. The molecule has 4 nitrogen and oxygen atoms in total. The molecule has 1 saturated carbocycles. The molecule has 1 fully saturated rings. The maximum absolute atomic E-state index is 5.58. The van der Waals surface area contributed by atoms with Crippen molar-refractivity contribution in [2.45, 2.75) is 38.0 Å². The van der Waals surface area contributed by atoms with Gasteiger partial charge in [-0.15, -0.1) is 0 Å². The van der Waals surface area contributed by atoms with Crippen LogP contribution in [0.1, 0.15) is 19.8 Å². The summed E-state index contributed by atoms with van der Waals surface area (Å²) in [5.41, 5.74) is 0. The molecule has 0 aromatic carbocycles. The highest BCUT2D eigenvalue weighted by atomic mass is 16.5. The number of hydrogen-bond donors (Lipinski definition) is 1. The summed E-state index contributed by atoms with van der Waals surface area (Å²) in [6.45, 7) is 5.00. The number of rotatable bonds is 8. The van der Waals surface area contributed by atoms with Gasteiger partial charge in [0.15, 0.2) is 0 Å². The second-order valence-corrected chi connectivity index (χ2v) is 4.65. The van der Waals surface area contributed by atoms with Crippen molar-refractivity contribution in [1.29, 1.82) is 0 Å². The van der Waals surface area contributed by atoms with Crippen LogP contribution < -0.4 is 5.32 Å². The van der Waals surface area contributed by atoms with Crippen LogP contribution >= 0.6 is 0 Å². The smallest absolute Gasteiger partial charge is 0.0986 e. The Kier molecular flexibility index (Phi) is 6.28. The minimum Gasteiger partial charge on any atom is -0.377 e. The van der Waals surface area contributed by atoms with Crippen LogP contribution in [0.4, 0.5) is 0 Å². The van der Waals surface area contributed by atoms with Crippen molar-refractivity contribution in [3.8, 4) is 0 Å². The Hall–Kier alpha value is -0.160. The molecule has 0 spiro atoms. The van der Waals surface area contributed by atoms with E-state index in [-0.39, 0.29) is 6.10 Å². The molecule has 1 rings (SSSR count). The molecule has 1 aliphatic carbocycles. The molecule has 0 saturated heterocycles. The van der Waals surface area contributed by atoms with E-state index in [1.54, 1.807) is 7.11 Å². The van der Waals surface area contributed by atoms with Gasteiger partial charge in [-0.1, -0.05) is 0 Å². The van der Waals surface area contributed by atoms with E-state index in [0.29, 0.717) is 12.1 Å². The van der Waals surface area contributed by atoms with E-state index in [0.717, 1.165) is 26.1 Å². The van der Waals surface area contributed by atoms with Crippen LogP contribution in [0.3, 0.4) is 0 Å². The Morgan fingerprint density at radius 1 is 1.38 bits per heavy atom. The van der Waals surface area contributed by atoms with Crippen molar-refractivity contribution in [1.82, 2.24) is 10.2 Å². The average Bonchev–Trinajstić information content (AvgIpc) is 2.21. The fraction of sp³-hybridized carbons (Fsp3) is 1.00. The van der Waals surface area contributed by atoms with Crippen molar-refractivity contribution in [3.63, 3.8) is 0 Å². The first kappa shape index (κ1) is 13.9. The molecule has 0 bridgehead atoms. The molecular formula is C12H26N2O2. The predicted molar refractivity (Wildman–Crippen MR) is 65.8 cm³/mol. The third-order valence-corrected chi connectivity index (χ3v) is 3.09. The second-order valence-electron chi connectivity index (χ2n) is 4.65. The van der Waals surface area contributed by atoms with Crippen molar-refractivity contribution < 1.29 is 9.47 Å². The summed E-state index contributed by atoms with van der Waals surface area (Å²) in [5.74, 6) is 0. The molecule has 4 heteroatoms. The Labute approximate surface area is 99.3 Å². The topological polar surface area (TPSA) is 33.7 Å². The molecule has 16 heavy (non-hydrogen) atoms. The Bertz CT molecular complexity index is 188. The molecule has 1 N–H and O–H groups in total. The lowest BCUT2D eigenvalue weighted by molar-refractivity contribution is -0.131. The minimum atomic E-state index is 0.235. The van der Waals surface area contributed by atoms with Crippen molar-refractivity contribution >= 4 is 0 Å². The summed E-state index contributed by atoms with van der Waals surface area (Å²) in [5, 5.41) is 3.53. The van der Waals surface area contributed by atoms with E-state index in [2.05, 4.69) is 24.3 Å². The summed E-state index contributed by atoms with van der Waals surface area (Å²) >= 11 is 0. The Balaban J connectivity index is 2.10. The molecule has 0 heterocycles. The van der Waals surface area contributed by atoms with Crippen LogP contribution in [0.25, 0.3) is 0 Å². The van der Waals surface area contributed by atoms with Gasteiger partial charge in [0.05, 0.1) is 12.2 Å². The summed E-state index contributed by atoms with van der Waals surface area (Å²) in [6, 6.07) is 0.476. The van der Waals surface area contributed by atoms with Gasteiger partial charge in [0.25, 0.3) is 0 Å². The fourth-order valence-electron chi connectivity index (χ4n) is 2.16. The van der Waals surface area contributed by atoms with Gasteiger partial charge in [-0.3, -0.25) is 0 Å². The van der Waals surface area contributed by atoms with Gasteiger partial charge >= 0.3 is 0 Å². The van der Waals surface area contributed by atoms with Gasteiger partial charge in [-0.2, -0.15) is 0 Å². The lowest BCUT2D eigenvalue weighted by Gasteiger charge is -2.43. The van der Waals surface area contributed by atoms with Gasteiger partial charge in [0.2, 0.25) is 0 Å². The standard InChI is InChI=1S/C12H26N2O2/c1-5-16-11-9-10(12(11)15-4)13-7-6-8-14(2)3/h10-13H,5-9H2,1-4H3. The number of ether oxygens (including phenoxy) is 2. The van der Waals surface area contributed by atoms with Crippen LogP contribution in [-0.2, 0) is 9.47 Å². The van der Waals surface area contributed by atoms with Gasteiger partial charge in [-0.25, -0.2) is 0 Å². The van der Waals surface area contributed by atoms with E-state index in [4.69, 9.17) is 9.47 Å². The zero-order chi connectivity index (χ0) is 12.0. The lowest BCUT2D eigenvalue weighted by Crippen LogP contribution is -2.60. The molecule has 3 atom stereocenters. The highest BCUT2D eigenvalue weighted by Gasteiger charge is 2.41. The van der Waals surface area contributed by atoms with Gasteiger partial charge in [0, 0.05) is 19.8 Å². The quantitative estimate of drug-likeness (QED) is 0.623. The molecule has 0 radical (unpaired) electrons. The van der Waals surface area contributed by atoms with Crippen LogP contribution in [0.2, 0.25) is 0 Å². The van der Waals surface area contributed by atoms with Gasteiger partial charge in [0.1, 0.15) is 0 Å². The van der Waals surface area contributed by atoms with E-state index in [9.17, 15) is 0 Å². The third-order valence-electron chi connectivity index (χ3n) is 3.09. The maximum atomic E-state index is 5.58. The largest absolute Gasteiger partial charge is 0.377 e. The zero-order valence-electron chi connectivity index (χ0n) is 11.0. The minimum absolute atomic E-state index is 0.235. The summed E-state index contributed by atoms with van der Waals surface area (Å²) in [7, 11) is 5.98. The van der Waals surface area contributed by atoms with Crippen molar-refractivity contribution in [3.05, 3.63) is 0 Å².